The first-order valence-corrected chi connectivity index (χ1v) is 12.6. The number of sulfonamides is 1. The third-order valence-electron chi connectivity index (χ3n) is 6.37. The van der Waals surface area contributed by atoms with Crippen LogP contribution in [-0.2, 0) is 19.6 Å². The number of carboxylic acid groups (broad SMARTS) is 1. The lowest BCUT2D eigenvalue weighted by atomic mass is 9.75. The molecule has 1 aliphatic carbocycles. The van der Waals surface area contributed by atoms with Crippen LogP contribution in [0.1, 0.15) is 32.1 Å². The van der Waals surface area contributed by atoms with E-state index in [4.69, 9.17) is 0 Å². The molecular weight excluding hydrogens is 458 g/mol. The van der Waals surface area contributed by atoms with Crippen molar-refractivity contribution in [2.75, 3.05) is 18.0 Å². The van der Waals surface area contributed by atoms with Gasteiger partial charge in [-0.15, -0.1) is 0 Å². The Balaban J connectivity index is 1.53. The lowest BCUT2D eigenvalue weighted by Crippen LogP contribution is -2.51. The van der Waals surface area contributed by atoms with Crippen molar-refractivity contribution in [2.24, 2.45) is 5.41 Å². The Morgan fingerprint density at radius 3 is 1.88 bits per heavy atom. The van der Waals surface area contributed by atoms with E-state index in [1.165, 1.54) is 4.90 Å². The number of para-hydroxylation sites is 2. The third kappa shape index (κ3) is 4.97. The zero-order chi connectivity index (χ0) is 24.3. The van der Waals surface area contributed by atoms with Crippen molar-refractivity contribution in [1.82, 2.24) is 9.62 Å². The molecule has 9 nitrogen and oxygen atoms in total. The van der Waals surface area contributed by atoms with Crippen LogP contribution in [0.2, 0.25) is 0 Å². The van der Waals surface area contributed by atoms with E-state index >= 15 is 0 Å². The highest BCUT2D eigenvalue weighted by Gasteiger charge is 2.47. The van der Waals surface area contributed by atoms with Crippen LogP contribution in [0.15, 0.2) is 60.7 Å². The van der Waals surface area contributed by atoms with Gasteiger partial charge in [0.05, 0.1) is 5.41 Å². The second kappa shape index (κ2) is 9.55. The van der Waals surface area contributed by atoms with Crippen LogP contribution < -0.4 is 10.2 Å². The summed E-state index contributed by atoms with van der Waals surface area (Å²) in [4.78, 5) is 39.5. The largest absolute Gasteiger partial charge is 0.481 e. The van der Waals surface area contributed by atoms with Crippen LogP contribution in [0, 0.1) is 5.41 Å². The van der Waals surface area contributed by atoms with E-state index in [-0.39, 0.29) is 38.4 Å². The SMILES string of the molecule is O=C(CC1(C(=O)O)CCN(S(=O)(=O)C(=O)NC2CC2)CC1)N(c1ccccc1)c1ccccc1. The van der Waals surface area contributed by atoms with Crippen molar-refractivity contribution < 1.29 is 27.9 Å². The Morgan fingerprint density at radius 2 is 1.44 bits per heavy atom. The predicted molar refractivity (Wildman–Crippen MR) is 126 cm³/mol. The average molecular weight is 486 g/mol. The number of carbonyl (C=O) groups excluding carboxylic acids is 2. The van der Waals surface area contributed by atoms with Crippen molar-refractivity contribution in [2.45, 2.75) is 38.1 Å². The molecule has 34 heavy (non-hydrogen) atoms. The Bertz CT molecular complexity index is 1120. The summed E-state index contributed by atoms with van der Waals surface area (Å²) in [6, 6.07) is 17.8. The third-order valence-corrected chi connectivity index (χ3v) is 8.01. The fourth-order valence-electron chi connectivity index (χ4n) is 4.17. The maximum Gasteiger partial charge on any atom is 0.352 e. The molecule has 2 aromatic carbocycles. The number of nitrogens with one attached hydrogen (secondary N) is 1. The number of anilines is 2. The molecule has 1 aliphatic heterocycles. The molecule has 0 atom stereocenters. The molecule has 10 heteroatoms. The van der Waals surface area contributed by atoms with Gasteiger partial charge >= 0.3 is 11.2 Å². The fraction of sp³-hybridized carbons (Fsp3) is 0.375. The van der Waals surface area contributed by atoms with Crippen molar-refractivity contribution in [3.8, 4) is 0 Å². The van der Waals surface area contributed by atoms with Crippen LogP contribution >= 0.6 is 0 Å². The Hall–Kier alpha value is -3.24. The summed E-state index contributed by atoms with van der Waals surface area (Å²) in [5.74, 6) is -1.55. The molecule has 1 saturated heterocycles. The maximum atomic E-state index is 13.5. The zero-order valence-corrected chi connectivity index (χ0v) is 19.4. The van der Waals surface area contributed by atoms with Gasteiger partial charge in [0, 0.05) is 36.9 Å². The van der Waals surface area contributed by atoms with E-state index in [0.717, 1.165) is 17.1 Å². The first-order chi connectivity index (χ1) is 16.2. The second-order valence-electron chi connectivity index (χ2n) is 8.77. The molecule has 2 amide bonds. The van der Waals surface area contributed by atoms with Crippen LogP contribution in [0.4, 0.5) is 16.2 Å². The average Bonchev–Trinajstić information content (AvgIpc) is 3.65. The summed E-state index contributed by atoms with van der Waals surface area (Å²) in [5, 5.41) is 11.5. The number of piperidine rings is 1. The normalized spacial score (nSPS) is 18.1. The van der Waals surface area contributed by atoms with Gasteiger partial charge < -0.3 is 10.4 Å². The summed E-state index contributed by atoms with van der Waals surface area (Å²) in [7, 11) is -4.23. The number of rotatable bonds is 7. The summed E-state index contributed by atoms with van der Waals surface area (Å²) in [5.41, 5.74) is -0.218. The predicted octanol–water partition coefficient (Wildman–Crippen LogP) is 3.11. The maximum absolute atomic E-state index is 13.5. The first-order valence-electron chi connectivity index (χ1n) is 11.2. The Kier molecular flexibility index (Phi) is 6.72. The van der Waals surface area contributed by atoms with E-state index < -0.39 is 32.6 Å². The number of benzene rings is 2. The van der Waals surface area contributed by atoms with Gasteiger partial charge in [-0.2, -0.15) is 4.31 Å². The number of carbonyl (C=O) groups is 3. The summed E-state index contributed by atoms with van der Waals surface area (Å²) in [6.45, 7) is -0.284. The lowest BCUT2D eigenvalue weighted by Gasteiger charge is -2.38. The summed E-state index contributed by atoms with van der Waals surface area (Å²) < 4.78 is 26.3. The zero-order valence-electron chi connectivity index (χ0n) is 18.6. The molecule has 2 aliphatic rings. The number of nitrogens with zero attached hydrogens (tertiary/aromatic N) is 2. The van der Waals surface area contributed by atoms with E-state index in [1.807, 2.05) is 12.1 Å². The van der Waals surface area contributed by atoms with Gasteiger partial charge in [-0.25, -0.2) is 8.42 Å². The van der Waals surface area contributed by atoms with Gasteiger partial charge in [-0.3, -0.25) is 19.3 Å². The van der Waals surface area contributed by atoms with Crippen LogP contribution in [-0.4, -0.2) is 54.1 Å². The molecule has 0 unspecified atom stereocenters. The molecule has 0 spiro atoms. The molecule has 2 N–H and O–H groups in total. The van der Waals surface area contributed by atoms with Crippen LogP contribution in [0.3, 0.4) is 0 Å². The van der Waals surface area contributed by atoms with Crippen molar-refractivity contribution >= 4 is 38.5 Å². The smallest absolute Gasteiger partial charge is 0.352 e. The first kappa shape index (κ1) is 23.9. The van der Waals surface area contributed by atoms with Gasteiger partial charge in [0.15, 0.2) is 0 Å². The standard InChI is InChI=1S/C24H27N3O6S/c28-21(27(19-7-3-1-4-8-19)20-9-5-2-6-10-20)17-24(22(29)30)13-15-26(16-14-24)34(32,33)23(31)25-18-11-12-18/h1-10,18H,11-17H2,(H,25,31)(H,29,30). The van der Waals surface area contributed by atoms with E-state index in [2.05, 4.69) is 5.32 Å². The lowest BCUT2D eigenvalue weighted by molar-refractivity contribution is -0.154. The monoisotopic (exact) mass is 485 g/mol. The summed E-state index contributed by atoms with van der Waals surface area (Å²) in [6.07, 6.45) is 1.08. The van der Waals surface area contributed by atoms with Crippen LogP contribution in [0.25, 0.3) is 0 Å². The van der Waals surface area contributed by atoms with Gasteiger partial charge in [0.25, 0.3) is 10.0 Å². The van der Waals surface area contributed by atoms with E-state index in [0.29, 0.717) is 11.4 Å². The molecule has 4 rings (SSSR count). The van der Waals surface area contributed by atoms with Crippen molar-refractivity contribution in [3.63, 3.8) is 0 Å². The number of carboxylic acids is 1. The number of hydrogen-bond donors (Lipinski definition) is 2. The molecule has 1 heterocycles. The van der Waals surface area contributed by atoms with Gasteiger partial charge in [-0.05, 0) is 49.9 Å². The van der Waals surface area contributed by atoms with Crippen molar-refractivity contribution in [3.05, 3.63) is 60.7 Å². The van der Waals surface area contributed by atoms with Gasteiger partial charge in [-0.1, -0.05) is 36.4 Å². The minimum Gasteiger partial charge on any atom is -0.481 e. The molecule has 0 aromatic heterocycles. The van der Waals surface area contributed by atoms with Gasteiger partial charge in [0.2, 0.25) is 5.91 Å². The Morgan fingerprint density at radius 1 is 0.941 bits per heavy atom. The van der Waals surface area contributed by atoms with Crippen LogP contribution in [0.5, 0.6) is 0 Å². The topological polar surface area (TPSA) is 124 Å². The molecule has 180 valence electrons. The molecule has 0 bridgehead atoms. The fourth-order valence-corrected chi connectivity index (χ4v) is 5.38. The molecule has 0 radical (unpaired) electrons. The molecule has 2 aromatic rings. The molecule has 2 fully saturated rings. The highest BCUT2D eigenvalue weighted by molar-refractivity contribution is 8.04. The van der Waals surface area contributed by atoms with Crippen molar-refractivity contribution in [1.29, 1.82) is 0 Å². The number of aliphatic carboxylic acids is 1. The second-order valence-corrected chi connectivity index (χ2v) is 10.6. The minimum absolute atomic E-state index is 0.0680. The van der Waals surface area contributed by atoms with Gasteiger partial charge in [0.1, 0.15) is 0 Å². The number of hydrogen-bond acceptors (Lipinski definition) is 5. The molecular formula is C24H27N3O6S. The number of amides is 2. The quantitative estimate of drug-likeness (QED) is 0.621. The van der Waals surface area contributed by atoms with E-state index in [1.54, 1.807) is 48.5 Å². The Labute approximate surface area is 198 Å². The minimum atomic E-state index is -4.23. The highest BCUT2D eigenvalue weighted by Crippen LogP contribution is 2.39. The molecule has 1 saturated carbocycles. The summed E-state index contributed by atoms with van der Waals surface area (Å²) >= 11 is 0. The van der Waals surface area contributed by atoms with E-state index in [9.17, 15) is 27.9 Å². The highest BCUT2D eigenvalue weighted by atomic mass is 32.2.